The Labute approximate surface area is 95.8 Å². The van der Waals surface area contributed by atoms with E-state index in [9.17, 15) is 5.11 Å². The fourth-order valence-electron chi connectivity index (χ4n) is 2.09. The van der Waals surface area contributed by atoms with Crippen molar-refractivity contribution in [1.29, 1.82) is 0 Å². The molecule has 1 saturated heterocycles. The molecule has 88 valence electrons. The minimum atomic E-state index is 0.236. The number of nitrogens with one attached hydrogen (secondary N) is 1. The first kappa shape index (κ1) is 11.2. The predicted octanol–water partition coefficient (Wildman–Crippen LogP) is 0.977. The maximum atomic E-state index is 9.96. The van der Waals surface area contributed by atoms with Crippen molar-refractivity contribution in [1.82, 2.24) is 10.2 Å². The number of methoxy groups -OCH3 is 1. The monoisotopic (exact) mass is 222 g/mol. The quantitative estimate of drug-likeness (QED) is 0.783. The zero-order valence-corrected chi connectivity index (χ0v) is 9.73. The third kappa shape index (κ3) is 2.13. The Morgan fingerprint density at radius 3 is 2.94 bits per heavy atom. The van der Waals surface area contributed by atoms with E-state index >= 15 is 0 Å². The van der Waals surface area contributed by atoms with Crippen molar-refractivity contribution < 1.29 is 9.84 Å². The fraction of sp³-hybridized carbons (Fsp3) is 0.500. The highest BCUT2D eigenvalue weighted by Crippen LogP contribution is 2.31. The summed E-state index contributed by atoms with van der Waals surface area (Å²) in [6, 6.07) is 5.72. The van der Waals surface area contributed by atoms with Crippen LogP contribution < -0.4 is 10.1 Å². The molecule has 4 heteroatoms. The molecule has 0 aromatic heterocycles. The van der Waals surface area contributed by atoms with Crippen LogP contribution in [-0.4, -0.2) is 43.8 Å². The number of nitrogens with zero attached hydrogens (tertiary/aromatic N) is 1. The number of hydrogen-bond acceptors (Lipinski definition) is 4. The highest BCUT2D eigenvalue weighted by atomic mass is 16.5. The van der Waals surface area contributed by atoms with Crippen LogP contribution in [0.1, 0.15) is 11.6 Å². The summed E-state index contributed by atoms with van der Waals surface area (Å²) in [6.45, 7) is 2.87. The van der Waals surface area contributed by atoms with E-state index < -0.39 is 0 Å². The first-order chi connectivity index (χ1) is 7.72. The van der Waals surface area contributed by atoms with Gasteiger partial charge in [-0.2, -0.15) is 0 Å². The molecule has 1 aliphatic rings. The Balaban J connectivity index is 2.25. The molecule has 0 amide bonds. The lowest BCUT2D eigenvalue weighted by atomic mass is 10.0. The number of hydrogen-bond donors (Lipinski definition) is 2. The van der Waals surface area contributed by atoms with Gasteiger partial charge in [0.2, 0.25) is 0 Å². The van der Waals surface area contributed by atoms with Crippen molar-refractivity contribution >= 4 is 0 Å². The van der Waals surface area contributed by atoms with Gasteiger partial charge in [-0.25, -0.2) is 0 Å². The Hall–Kier alpha value is -1.26. The van der Waals surface area contributed by atoms with Gasteiger partial charge >= 0.3 is 0 Å². The number of piperazine rings is 1. The second kappa shape index (κ2) is 4.72. The highest BCUT2D eigenvalue weighted by Gasteiger charge is 2.22. The molecule has 1 atom stereocenters. The first-order valence-electron chi connectivity index (χ1n) is 5.50. The van der Waals surface area contributed by atoms with Gasteiger partial charge < -0.3 is 15.2 Å². The minimum Gasteiger partial charge on any atom is -0.507 e. The van der Waals surface area contributed by atoms with E-state index in [1.807, 2.05) is 12.1 Å². The molecule has 0 bridgehead atoms. The van der Waals surface area contributed by atoms with Crippen LogP contribution in [0.4, 0.5) is 0 Å². The van der Waals surface area contributed by atoms with E-state index in [1.54, 1.807) is 13.2 Å². The number of phenols is 1. The second-order valence-electron chi connectivity index (χ2n) is 4.13. The van der Waals surface area contributed by atoms with Crippen molar-refractivity contribution in [3.63, 3.8) is 0 Å². The minimum absolute atomic E-state index is 0.236. The van der Waals surface area contributed by atoms with Crippen LogP contribution in [0, 0.1) is 0 Å². The summed E-state index contributed by atoms with van der Waals surface area (Å²) in [6.07, 6.45) is 0. The van der Waals surface area contributed by atoms with Crippen molar-refractivity contribution in [2.24, 2.45) is 0 Å². The molecule has 1 aromatic rings. The molecule has 1 aromatic carbocycles. The molecule has 0 aliphatic carbocycles. The number of ether oxygens (including phenoxy) is 1. The van der Waals surface area contributed by atoms with Gasteiger partial charge in [0.1, 0.15) is 11.5 Å². The van der Waals surface area contributed by atoms with E-state index in [2.05, 4.69) is 17.3 Å². The highest BCUT2D eigenvalue weighted by molar-refractivity contribution is 5.41. The van der Waals surface area contributed by atoms with Gasteiger partial charge in [0.15, 0.2) is 0 Å². The Morgan fingerprint density at radius 1 is 1.50 bits per heavy atom. The summed E-state index contributed by atoms with van der Waals surface area (Å²) in [4.78, 5) is 2.25. The largest absolute Gasteiger partial charge is 0.507 e. The molecule has 16 heavy (non-hydrogen) atoms. The summed E-state index contributed by atoms with van der Waals surface area (Å²) in [7, 11) is 3.68. The lowest BCUT2D eigenvalue weighted by molar-refractivity contribution is 0.198. The maximum absolute atomic E-state index is 9.96. The maximum Gasteiger partial charge on any atom is 0.124 e. The normalized spacial score (nSPS) is 22.0. The van der Waals surface area contributed by atoms with Gasteiger partial charge in [-0.15, -0.1) is 0 Å². The van der Waals surface area contributed by atoms with Crippen molar-refractivity contribution in [3.8, 4) is 11.5 Å². The average Bonchev–Trinajstić information content (AvgIpc) is 2.30. The molecular formula is C12H18N2O2. The van der Waals surface area contributed by atoms with Crippen LogP contribution in [0.2, 0.25) is 0 Å². The summed E-state index contributed by atoms with van der Waals surface area (Å²) >= 11 is 0. The van der Waals surface area contributed by atoms with Crippen molar-refractivity contribution in [2.75, 3.05) is 33.8 Å². The van der Waals surface area contributed by atoms with E-state index in [-0.39, 0.29) is 6.04 Å². The molecule has 2 N–H and O–H groups in total. The molecule has 1 heterocycles. The molecule has 0 spiro atoms. The summed E-state index contributed by atoms with van der Waals surface area (Å²) in [5, 5.41) is 13.3. The molecule has 1 fully saturated rings. The third-order valence-corrected chi connectivity index (χ3v) is 3.11. The van der Waals surface area contributed by atoms with E-state index in [1.165, 1.54) is 0 Å². The number of benzene rings is 1. The number of aromatic hydroxyl groups is 1. The SMILES string of the molecule is COc1ccc(C2CNCCN2C)c(O)c1. The van der Waals surface area contributed by atoms with Crippen LogP contribution >= 0.6 is 0 Å². The molecular weight excluding hydrogens is 204 g/mol. The summed E-state index contributed by atoms with van der Waals surface area (Å²) in [5.41, 5.74) is 0.954. The zero-order chi connectivity index (χ0) is 11.5. The molecule has 1 aliphatic heterocycles. The number of likely N-dealkylation sites (N-methyl/N-ethyl adjacent to an activating group) is 1. The van der Waals surface area contributed by atoms with Crippen LogP contribution in [0.15, 0.2) is 18.2 Å². The molecule has 0 radical (unpaired) electrons. The second-order valence-corrected chi connectivity index (χ2v) is 4.13. The van der Waals surface area contributed by atoms with Crippen LogP contribution in [0.3, 0.4) is 0 Å². The topological polar surface area (TPSA) is 44.7 Å². The predicted molar refractivity (Wildman–Crippen MR) is 62.9 cm³/mol. The fourth-order valence-corrected chi connectivity index (χ4v) is 2.09. The van der Waals surface area contributed by atoms with Gasteiger partial charge in [0, 0.05) is 31.3 Å². The Bertz CT molecular complexity index is 368. The van der Waals surface area contributed by atoms with Crippen LogP contribution in [0.25, 0.3) is 0 Å². The van der Waals surface area contributed by atoms with E-state index in [4.69, 9.17) is 4.74 Å². The summed E-state index contributed by atoms with van der Waals surface area (Å²) < 4.78 is 5.07. The first-order valence-corrected chi connectivity index (χ1v) is 5.50. The summed E-state index contributed by atoms with van der Waals surface area (Å²) in [5.74, 6) is 0.993. The van der Waals surface area contributed by atoms with Crippen LogP contribution in [-0.2, 0) is 0 Å². The molecule has 1 unspecified atom stereocenters. The van der Waals surface area contributed by atoms with Crippen molar-refractivity contribution in [3.05, 3.63) is 23.8 Å². The van der Waals surface area contributed by atoms with Crippen molar-refractivity contribution in [2.45, 2.75) is 6.04 Å². The van der Waals surface area contributed by atoms with E-state index in [0.29, 0.717) is 11.5 Å². The Morgan fingerprint density at radius 2 is 2.31 bits per heavy atom. The van der Waals surface area contributed by atoms with E-state index in [0.717, 1.165) is 25.2 Å². The Kier molecular flexibility index (Phi) is 3.31. The third-order valence-electron chi connectivity index (χ3n) is 3.11. The lowest BCUT2D eigenvalue weighted by Crippen LogP contribution is -2.43. The standard InChI is InChI=1S/C12H18N2O2/c1-14-6-5-13-8-11(14)10-4-3-9(16-2)7-12(10)15/h3-4,7,11,13,15H,5-6,8H2,1-2H3. The lowest BCUT2D eigenvalue weighted by Gasteiger charge is -2.33. The van der Waals surface area contributed by atoms with Gasteiger partial charge in [-0.1, -0.05) is 6.07 Å². The number of rotatable bonds is 2. The van der Waals surface area contributed by atoms with Gasteiger partial charge in [0.05, 0.1) is 13.2 Å². The number of phenolic OH excluding ortho intramolecular Hbond substituents is 1. The van der Waals surface area contributed by atoms with Gasteiger partial charge in [0.25, 0.3) is 0 Å². The smallest absolute Gasteiger partial charge is 0.124 e. The zero-order valence-electron chi connectivity index (χ0n) is 9.73. The van der Waals surface area contributed by atoms with Gasteiger partial charge in [-0.3, -0.25) is 4.90 Å². The van der Waals surface area contributed by atoms with Gasteiger partial charge in [-0.05, 0) is 13.1 Å². The average molecular weight is 222 g/mol. The molecule has 0 saturated carbocycles. The van der Waals surface area contributed by atoms with Crippen LogP contribution in [0.5, 0.6) is 11.5 Å². The molecule has 2 rings (SSSR count). The molecule has 4 nitrogen and oxygen atoms in total.